The molecule has 0 spiro atoms. The van der Waals surface area contributed by atoms with Gasteiger partial charge in [-0.05, 0) is 25.3 Å². The highest BCUT2D eigenvalue weighted by atomic mass is 19.3. The maximum Gasteiger partial charge on any atom is 0.410 e. The molecule has 1 saturated heterocycles. The fourth-order valence-corrected chi connectivity index (χ4v) is 0.970. The third-order valence-electron chi connectivity index (χ3n) is 1.63. The number of carbonyl (C=O) groups excluding carboxylic acids is 1. The maximum atomic E-state index is 11.5. The predicted molar refractivity (Wildman–Crippen MR) is 43.8 cm³/mol. The van der Waals surface area contributed by atoms with E-state index < -0.39 is 17.8 Å². The Morgan fingerprint density at radius 1 is 1.46 bits per heavy atom. The van der Waals surface area contributed by atoms with Crippen LogP contribution in [-0.2, 0) is 9.68 Å². The Bertz CT molecular complexity index is 196. The first kappa shape index (κ1) is 10.2. The minimum absolute atomic E-state index is 0.269. The van der Waals surface area contributed by atoms with Crippen LogP contribution >= 0.6 is 0 Å². The second-order valence-corrected chi connectivity index (χ2v) is 4.10. The van der Waals surface area contributed by atoms with Crippen molar-refractivity contribution in [3.63, 3.8) is 0 Å². The molecule has 13 heavy (non-hydrogen) atoms. The van der Waals surface area contributed by atoms with Gasteiger partial charge in [0.25, 0.3) is 0 Å². The van der Waals surface area contributed by atoms with Gasteiger partial charge >= 0.3 is 6.09 Å². The largest absolute Gasteiger partial charge is 0.444 e. The van der Waals surface area contributed by atoms with E-state index in [9.17, 15) is 9.32 Å². The van der Waals surface area contributed by atoms with Gasteiger partial charge in [0.2, 0.25) is 0 Å². The summed E-state index contributed by atoms with van der Waals surface area (Å²) < 4.78 is 16.6. The van der Waals surface area contributed by atoms with Crippen molar-refractivity contribution >= 4 is 6.09 Å². The first-order valence-electron chi connectivity index (χ1n) is 4.17. The molecule has 5 heteroatoms. The first-order valence-corrected chi connectivity index (χ1v) is 4.17. The molecule has 1 amide bonds. The van der Waals surface area contributed by atoms with Gasteiger partial charge in [-0.3, -0.25) is 0 Å². The summed E-state index contributed by atoms with van der Waals surface area (Å²) in [7, 11) is 0. The topological polar surface area (TPSA) is 38.8 Å². The van der Waals surface area contributed by atoms with Crippen molar-refractivity contribution in [3.8, 4) is 0 Å². The zero-order valence-electron chi connectivity index (χ0n) is 8.04. The lowest BCUT2D eigenvalue weighted by Gasteiger charge is -2.36. The number of rotatable bonds is 1. The van der Waals surface area contributed by atoms with Gasteiger partial charge in [0, 0.05) is 0 Å². The third kappa shape index (κ3) is 2.84. The van der Waals surface area contributed by atoms with Gasteiger partial charge in [0.05, 0.1) is 13.1 Å². The summed E-state index contributed by atoms with van der Waals surface area (Å²) in [5, 5.41) is 0. The summed E-state index contributed by atoms with van der Waals surface area (Å²) in [6.45, 7) is 5.90. The van der Waals surface area contributed by atoms with Gasteiger partial charge in [0.15, 0.2) is 0 Å². The van der Waals surface area contributed by atoms with Gasteiger partial charge in [-0.15, -0.1) is 0 Å². The molecule has 0 aliphatic carbocycles. The maximum absolute atomic E-state index is 11.5. The van der Waals surface area contributed by atoms with Crippen molar-refractivity contribution in [2.24, 2.45) is 0 Å². The molecule has 0 aromatic carbocycles. The van der Waals surface area contributed by atoms with Crippen LogP contribution < -0.4 is 0 Å². The van der Waals surface area contributed by atoms with Crippen molar-refractivity contribution in [3.05, 3.63) is 0 Å². The molecule has 1 aliphatic heterocycles. The lowest BCUT2D eigenvalue weighted by molar-refractivity contribution is -0.214. The fourth-order valence-electron chi connectivity index (χ4n) is 0.970. The van der Waals surface area contributed by atoms with E-state index in [1.165, 1.54) is 4.90 Å². The van der Waals surface area contributed by atoms with Crippen molar-refractivity contribution in [2.75, 3.05) is 13.1 Å². The lowest BCUT2D eigenvalue weighted by Crippen LogP contribution is -2.55. The minimum atomic E-state index is -0.501. The number of halogens is 1. The van der Waals surface area contributed by atoms with Gasteiger partial charge in [-0.2, -0.15) is 4.94 Å². The first-order chi connectivity index (χ1) is 5.92. The van der Waals surface area contributed by atoms with E-state index in [1.807, 2.05) is 0 Å². The Morgan fingerprint density at radius 2 is 2.00 bits per heavy atom. The number of carbonyl (C=O) groups is 1. The molecule has 1 heterocycles. The van der Waals surface area contributed by atoms with Gasteiger partial charge in [-0.1, -0.05) is 0 Å². The van der Waals surface area contributed by atoms with Crippen LogP contribution in [0.1, 0.15) is 20.8 Å². The van der Waals surface area contributed by atoms with Crippen LogP contribution in [0.5, 0.6) is 0 Å². The summed E-state index contributed by atoms with van der Waals surface area (Å²) in [6.07, 6.45) is -0.895. The molecule has 76 valence electrons. The molecule has 0 saturated carbocycles. The molecular weight excluding hydrogens is 177 g/mol. The van der Waals surface area contributed by atoms with Gasteiger partial charge < -0.3 is 9.64 Å². The standard InChI is InChI=1S/C8H14FNO3/c1-8(2,3)12-7(11)10-4-6(5-10)13-9/h6H,4-5H2,1-3H3. The molecule has 1 rings (SSSR count). The highest BCUT2D eigenvalue weighted by molar-refractivity contribution is 5.69. The SMILES string of the molecule is CC(C)(C)OC(=O)N1CC(OF)C1. The van der Waals surface area contributed by atoms with Crippen molar-refractivity contribution < 1.29 is 19.0 Å². The normalized spacial score (nSPS) is 18.3. The Morgan fingerprint density at radius 3 is 2.38 bits per heavy atom. The third-order valence-corrected chi connectivity index (χ3v) is 1.63. The molecule has 0 unspecified atom stereocenters. The Hall–Kier alpha value is -0.840. The summed E-state index contributed by atoms with van der Waals surface area (Å²) in [6, 6.07) is 0. The van der Waals surface area contributed by atoms with Gasteiger partial charge in [-0.25, -0.2) is 4.79 Å². The van der Waals surface area contributed by atoms with Crippen LogP contribution in [0.2, 0.25) is 0 Å². The van der Waals surface area contributed by atoms with Crippen LogP contribution in [0.3, 0.4) is 0 Å². The van der Waals surface area contributed by atoms with Crippen LogP contribution in [0.15, 0.2) is 0 Å². The average molecular weight is 191 g/mol. The number of hydrogen-bond acceptors (Lipinski definition) is 3. The minimum Gasteiger partial charge on any atom is -0.444 e. The molecule has 1 aliphatic rings. The Kier molecular flexibility index (Phi) is 2.75. The molecular formula is C8H14FNO3. The Labute approximate surface area is 76.5 Å². The lowest BCUT2D eigenvalue weighted by atomic mass is 10.2. The molecule has 0 atom stereocenters. The smallest absolute Gasteiger partial charge is 0.410 e. The molecule has 0 aromatic heterocycles. The summed E-state index contributed by atoms with van der Waals surface area (Å²) in [4.78, 5) is 16.2. The van der Waals surface area contributed by atoms with E-state index in [4.69, 9.17) is 4.74 Å². The zero-order valence-corrected chi connectivity index (χ0v) is 8.04. The van der Waals surface area contributed by atoms with Crippen molar-refractivity contribution in [1.82, 2.24) is 4.90 Å². The van der Waals surface area contributed by atoms with E-state index in [0.717, 1.165) is 0 Å². The van der Waals surface area contributed by atoms with Crippen LogP contribution in [-0.4, -0.2) is 35.8 Å². The van der Waals surface area contributed by atoms with Crippen molar-refractivity contribution in [1.29, 1.82) is 0 Å². The molecule has 4 nitrogen and oxygen atoms in total. The highest BCUT2D eigenvalue weighted by Gasteiger charge is 2.34. The number of ether oxygens (including phenoxy) is 1. The number of nitrogens with zero attached hydrogens (tertiary/aromatic N) is 1. The van der Waals surface area contributed by atoms with Crippen LogP contribution in [0, 0.1) is 0 Å². The van der Waals surface area contributed by atoms with Crippen LogP contribution in [0.4, 0.5) is 9.32 Å². The monoisotopic (exact) mass is 191 g/mol. The highest BCUT2D eigenvalue weighted by Crippen LogP contribution is 2.16. The van der Waals surface area contributed by atoms with E-state index in [-0.39, 0.29) is 13.1 Å². The summed E-state index contributed by atoms with van der Waals surface area (Å²) in [5.74, 6) is 0. The van der Waals surface area contributed by atoms with E-state index >= 15 is 0 Å². The molecule has 0 aromatic rings. The average Bonchev–Trinajstić information content (AvgIpc) is 1.79. The predicted octanol–water partition coefficient (Wildman–Crippen LogP) is 1.51. The van der Waals surface area contributed by atoms with Crippen molar-refractivity contribution in [2.45, 2.75) is 32.5 Å². The number of amides is 1. The Balaban J connectivity index is 2.27. The molecule has 1 fully saturated rings. The van der Waals surface area contributed by atoms with Gasteiger partial charge in [0.1, 0.15) is 11.7 Å². The molecule has 0 bridgehead atoms. The zero-order chi connectivity index (χ0) is 10.1. The van der Waals surface area contributed by atoms with E-state index in [2.05, 4.69) is 4.94 Å². The summed E-state index contributed by atoms with van der Waals surface area (Å²) >= 11 is 0. The quantitative estimate of drug-likeness (QED) is 0.630. The number of hydrogen-bond donors (Lipinski definition) is 0. The van der Waals surface area contributed by atoms with Crippen LogP contribution in [0.25, 0.3) is 0 Å². The number of likely N-dealkylation sites (tertiary alicyclic amines) is 1. The molecule has 0 N–H and O–H groups in total. The fraction of sp³-hybridized carbons (Fsp3) is 0.875. The summed E-state index contributed by atoms with van der Waals surface area (Å²) in [5.41, 5.74) is -0.501. The van der Waals surface area contributed by atoms with E-state index in [0.29, 0.717) is 0 Å². The molecule has 0 radical (unpaired) electrons. The second-order valence-electron chi connectivity index (χ2n) is 4.10. The van der Waals surface area contributed by atoms with E-state index in [1.54, 1.807) is 20.8 Å². The second kappa shape index (κ2) is 3.49.